The van der Waals surface area contributed by atoms with Crippen LogP contribution in [-0.2, 0) is 13.5 Å². The molecule has 2 heteroatoms. The van der Waals surface area contributed by atoms with E-state index in [9.17, 15) is 0 Å². The third-order valence-electron chi connectivity index (χ3n) is 5.31. The van der Waals surface area contributed by atoms with Gasteiger partial charge in [-0.15, -0.1) is 0 Å². The summed E-state index contributed by atoms with van der Waals surface area (Å²) in [4.78, 5) is 4.85. The number of rotatable bonds is 1. The average Bonchev–Trinajstić information content (AvgIpc) is 2.90. The molecule has 2 nitrogen and oxygen atoms in total. The highest BCUT2D eigenvalue weighted by Crippen LogP contribution is 2.36. The second-order valence-corrected chi connectivity index (χ2v) is 7.09. The monoisotopic (exact) mass is 315 g/mol. The predicted octanol–water partition coefficient (Wildman–Crippen LogP) is 4.38. The average molecular weight is 315 g/mol. The van der Waals surface area contributed by atoms with Crippen LogP contribution in [0.4, 0.5) is 0 Å². The maximum Gasteiger partial charge on any atom is 0.330 e. The molecule has 0 bridgehead atoms. The molecule has 2 aromatic carbocycles. The first-order chi connectivity index (χ1) is 11.5. The molecule has 0 unspecified atom stereocenters. The number of fused-ring (bicyclic) bond motifs is 3. The van der Waals surface area contributed by atoms with Crippen LogP contribution in [0, 0.1) is 27.7 Å². The van der Waals surface area contributed by atoms with Crippen molar-refractivity contribution in [2.75, 3.05) is 0 Å². The molecule has 1 heterocycles. The Balaban J connectivity index is 1.91. The van der Waals surface area contributed by atoms with Crippen LogP contribution < -0.4 is 4.57 Å². The SMILES string of the molecule is Cc1ccc2c(c1)Cc1c-2cnc(-c2cc(C)cc(C)c2C)[n+]1C. The van der Waals surface area contributed by atoms with E-state index in [0.717, 1.165) is 12.2 Å². The summed E-state index contributed by atoms with van der Waals surface area (Å²) in [5.41, 5.74) is 11.9. The summed E-state index contributed by atoms with van der Waals surface area (Å²) in [6, 6.07) is 11.2. The highest BCUT2D eigenvalue weighted by Gasteiger charge is 2.28. The lowest BCUT2D eigenvalue weighted by atomic mass is 9.99. The van der Waals surface area contributed by atoms with Gasteiger partial charge in [0.1, 0.15) is 5.69 Å². The topological polar surface area (TPSA) is 16.8 Å². The Kier molecular flexibility index (Phi) is 3.31. The highest BCUT2D eigenvalue weighted by molar-refractivity contribution is 5.75. The lowest BCUT2D eigenvalue weighted by Crippen LogP contribution is -2.37. The maximum atomic E-state index is 4.85. The molecule has 0 spiro atoms. The lowest BCUT2D eigenvalue weighted by molar-refractivity contribution is -0.669. The molecule has 0 fully saturated rings. The molecule has 1 aliphatic carbocycles. The second-order valence-electron chi connectivity index (χ2n) is 7.09. The molecule has 0 saturated heterocycles. The van der Waals surface area contributed by atoms with Crippen molar-refractivity contribution in [3.63, 3.8) is 0 Å². The van der Waals surface area contributed by atoms with Crippen molar-refractivity contribution in [2.45, 2.75) is 34.1 Å². The summed E-state index contributed by atoms with van der Waals surface area (Å²) >= 11 is 0. The number of benzene rings is 2. The molecule has 0 N–H and O–H groups in total. The van der Waals surface area contributed by atoms with Crippen molar-refractivity contribution in [3.8, 4) is 22.5 Å². The molecule has 120 valence electrons. The minimum Gasteiger partial charge on any atom is -0.229 e. The molecule has 24 heavy (non-hydrogen) atoms. The largest absolute Gasteiger partial charge is 0.330 e. The molecule has 0 saturated carbocycles. The van der Waals surface area contributed by atoms with Crippen LogP contribution in [0.5, 0.6) is 0 Å². The number of aryl methyl sites for hydroxylation is 3. The van der Waals surface area contributed by atoms with Crippen molar-refractivity contribution in [1.82, 2.24) is 4.98 Å². The summed E-state index contributed by atoms with van der Waals surface area (Å²) in [6.07, 6.45) is 3.05. The molecular formula is C22H23N2+. The van der Waals surface area contributed by atoms with Gasteiger partial charge in [-0.25, -0.2) is 4.57 Å². The van der Waals surface area contributed by atoms with Crippen LogP contribution in [0.1, 0.15) is 33.5 Å². The molecule has 1 aliphatic rings. The van der Waals surface area contributed by atoms with Crippen molar-refractivity contribution in [1.29, 1.82) is 0 Å². The van der Waals surface area contributed by atoms with Crippen LogP contribution >= 0.6 is 0 Å². The smallest absolute Gasteiger partial charge is 0.229 e. The fourth-order valence-electron chi connectivity index (χ4n) is 3.87. The van der Waals surface area contributed by atoms with Gasteiger partial charge >= 0.3 is 5.82 Å². The van der Waals surface area contributed by atoms with Gasteiger partial charge in [-0.1, -0.05) is 29.8 Å². The number of aromatic nitrogens is 2. The fourth-order valence-corrected chi connectivity index (χ4v) is 3.87. The van der Waals surface area contributed by atoms with Gasteiger partial charge in [0.25, 0.3) is 0 Å². The van der Waals surface area contributed by atoms with E-state index in [-0.39, 0.29) is 0 Å². The number of hydrogen-bond donors (Lipinski definition) is 0. The fraction of sp³-hybridized carbons (Fsp3) is 0.273. The molecular weight excluding hydrogens is 292 g/mol. The van der Waals surface area contributed by atoms with Crippen molar-refractivity contribution < 1.29 is 4.57 Å². The summed E-state index contributed by atoms with van der Waals surface area (Å²) in [5, 5.41) is 0. The van der Waals surface area contributed by atoms with Crippen LogP contribution in [0.3, 0.4) is 0 Å². The third kappa shape index (κ3) is 2.17. The normalized spacial score (nSPS) is 12.2. The van der Waals surface area contributed by atoms with Crippen molar-refractivity contribution in [3.05, 3.63) is 70.0 Å². The molecule has 0 amide bonds. The Morgan fingerprint density at radius 2 is 1.67 bits per heavy atom. The van der Waals surface area contributed by atoms with E-state index >= 15 is 0 Å². The summed E-state index contributed by atoms with van der Waals surface area (Å²) in [7, 11) is 2.15. The first kappa shape index (κ1) is 15.1. The third-order valence-corrected chi connectivity index (χ3v) is 5.31. The minimum atomic E-state index is 0.988. The van der Waals surface area contributed by atoms with Gasteiger partial charge in [-0.2, -0.15) is 0 Å². The Hall–Kier alpha value is -2.48. The Labute approximate surface area is 143 Å². The molecule has 3 aromatic rings. The first-order valence-corrected chi connectivity index (χ1v) is 8.51. The van der Waals surface area contributed by atoms with Gasteiger partial charge < -0.3 is 0 Å². The Morgan fingerprint density at radius 3 is 2.46 bits per heavy atom. The zero-order chi connectivity index (χ0) is 17.0. The van der Waals surface area contributed by atoms with Gasteiger partial charge in [0, 0.05) is 6.42 Å². The highest BCUT2D eigenvalue weighted by atomic mass is 15.0. The van der Waals surface area contributed by atoms with E-state index in [4.69, 9.17) is 4.98 Å². The molecule has 0 atom stereocenters. The van der Waals surface area contributed by atoms with Gasteiger partial charge in [0.2, 0.25) is 0 Å². The summed E-state index contributed by atoms with van der Waals surface area (Å²) in [6.45, 7) is 8.68. The Bertz CT molecular complexity index is 984. The van der Waals surface area contributed by atoms with E-state index in [0.29, 0.717) is 0 Å². The van der Waals surface area contributed by atoms with Gasteiger partial charge in [-0.3, -0.25) is 0 Å². The first-order valence-electron chi connectivity index (χ1n) is 8.51. The zero-order valence-electron chi connectivity index (χ0n) is 15.1. The van der Waals surface area contributed by atoms with E-state index in [2.05, 4.69) is 75.8 Å². The van der Waals surface area contributed by atoms with Crippen LogP contribution in [0.15, 0.2) is 36.5 Å². The Morgan fingerprint density at radius 1 is 0.875 bits per heavy atom. The van der Waals surface area contributed by atoms with Gasteiger partial charge in [0.15, 0.2) is 6.20 Å². The second kappa shape index (κ2) is 5.27. The maximum absolute atomic E-state index is 4.85. The van der Waals surface area contributed by atoms with Gasteiger partial charge in [0.05, 0.1) is 18.2 Å². The summed E-state index contributed by atoms with van der Waals surface area (Å²) < 4.78 is 2.28. The molecule has 1 aromatic heterocycles. The van der Waals surface area contributed by atoms with E-state index in [1.165, 1.54) is 50.2 Å². The molecule has 0 aliphatic heterocycles. The lowest BCUT2D eigenvalue weighted by Gasteiger charge is -2.10. The molecule has 4 rings (SSSR count). The minimum absolute atomic E-state index is 0.988. The van der Waals surface area contributed by atoms with Crippen molar-refractivity contribution in [2.24, 2.45) is 7.05 Å². The van der Waals surface area contributed by atoms with Crippen molar-refractivity contribution >= 4 is 0 Å². The van der Waals surface area contributed by atoms with E-state index < -0.39 is 0 Å². The number of nitrogens with zero attached hydrogens (tertiary/aromatic N) is 2. The van der Waals surface area contributed by atoms with Gasteiger partial charge in [-0.05, 0) is 66.6 Å². The number of hydrogen-bond acceptors (Lipinski definition) is 1. The van der Waals surface area contributed by atoms with Crippen LogP contribution in [0.2, 0.25) is 0 Å². The predicted molar refractivity (Wildman–Crippen MR) is 98.0 cm³/mol. The van der Waals surface area contributed by atoms with Crippen LogP contribution in [0.25, 0.3) is 22.5 Å². The standard InChI is InChI=1S/C22H23N2/c1-13-6-7-18-17(9-13)11-21-20(18)12-23-22(24(21)5)19-10-14(2)8-15(3)16(19)4/h6-10,12H,11H2,1-5H3/q+1. The van der Waals surface area contributed by atoms with E-state index in [1.807, 2.05) is 0 Å². The van der Waals surface area contributed by atoms with Crippen LogP contribution in [-0.4, -0.2) is 4.98 Å². The molecule has 0 radical (unpaired) electrons. The zero-order valence-corrected chi connectivity index (χ0v) is 15.1. The quantitative estimate of drug-likeness (QED) is 0.476. The summed E-state index contributed by atoms with van der Waals surface area (Å²) in [5.74, 6) is 1.06. The van der Waals surface area contributed by atoms with E-state index in [1.54, 1.807) is 0 Å².